The van der Waals surface area contributed by atoms with Crippen LogP contribution in [-0.2, 0) is 0 Å². The molecule has 0 atom stereocenters. The Kier molecular flexibility index (Phi) is 5.06. The maximum atomic E-state index is 3.42. The fourth-order valence-corrected chi connectivity index (χ4v) is 2.46. The van der Waals surface area contributed by atoms with E-state index in [-0.39, 0.29) is 0 Å². The standard InChI is InChI=1S/C13H21NS/c1-10(2)14-8-5-6-11(3)13-12(4)7-9-15-13/h6-7,9-10,14H,5,8H2,1-4H3. The fourth-order valence-electron chi connectivity index (χ4n) is 1.53. The summed E-state index contributed by atoms with van der Waals surface area (Å²) in [6.45, 7) is 9.81. The van der Waals surface area contributed by atoms with Crippen molar-refractivity contribution in [2.24, 2.45) is 0 Å². The SMILES string of the molecule is CC(=CCCNC(C)C)c1sccc1C. The molecule has 0 aromatic carbocycles. The van der Waals surface area contributed by atoms with Crippen LogP contribution in [0.2, 0.25) is 0 Å². The molecular formula is C13H21NS. The Balaban J connectivity index is 2.43. The highest BCUT2D eigenvalue weighted by Crippen LogP contribution is 2.24. The highest BCUT2D eigenvalue weighted by Gasteiger charge is 2.00. The number of hydrogen-bond donors (Lipinski definition) is 1. The van der Waals surface area contributed by atoms with Crippen LogP contribution in [-0.4, -0.2) is 12.6 Å². The Morgan fingerprint density at radius 1 is 1.53 bits per heavy atom. The van der Waals surface area contributed by atoms with Gasteiger partial charge < -0.3 is 5.32 Å². The highest BCUT2D eigenvalue weighted by molar-refractivity contribution is 7.11. The minimum atomic E-state index is 0.585. The Bertz CT molecular complexity index is 323. The second kappa shape index (κ2) is 6.09. The van der Waals surface area contributed by atoms with Crippen LogP contribution in [0, 0.1) is 6.92 Å². The van der Waals surface area contributed by atoms with Gasteiger partial charge in [0.05, 0.1) is 0 Å². The van der Waals surface area contributed by atoms with E-state index < -0.39 is 0 Å². The third-order valence-electron chi connectivity index (χ3n) is 2.37. The number of allylic oxidation sites excluding steroid dienone is 1. The average molecular weight is 223 g/mol. The van der Waals surface area contributed by atoms with Crippen LogP contribution in [0.25, 0.3) is 5.57 Å². The summed E-state index contributed by atoms with van der Waals surface area (Å²) in [5, 5.41) is 5.58. The summed E-state index contributed by atoms with van der Waals surface area (Å²) >= 11 is 1.83. The lowest BCUT2D eigenvalue weighted by Crippen LogP contribution is -2.23. The maximum Gasteiger partial charge on any atom is 0.0325 e. The first-order valence-corrected chi connectivity index (χ1v) is 6.44. The van der Waals surface area contributed by atoms with E-state index in [9.17, 15) is 0 Å². The summed E-state index contributed by atoms with van der Waals surface area (Å²) in [6.07, 6.45) is 3.44. The van der Waals surface area contributed by atoms with Crippen LogP contribution in [0.4, 0.5) is 0 Å². The largest absolute Gasteiger partial charge is 0.314 e. The highest BCUT2D eigenvalue weighted by atomic mass is 32.1. The van der Waals surface area contributed by atoms with Crippen molar-refractivity contribution in [1.82, 2.24) is 5.32 Å². The van der Waals surface area contributed by atoms with Crippen LogP contribution in [0.1, 0.15) is 37.6 Å². The minimum absolute atomic E-state index is 0.585. The lowest BCUT2D eigenvalue weighted by atomic mass is 10.1. The van der Waals surface area contributed by atoms with Crippen molar-refractivity contribution in [3.05, 3.63) is 28.0 Å². The zero-order valence-corrected chi connectivity index (χ0v) is 10.9. The summed E-state index contributed by atoms with van der Waals surface area (Å²) in [5.74, 6) is 0. The maximum absolute atomic E-state index is 3.42. The summed E-state index contributed by atoms with van der Waals surface area (Å²) < 4.78 is 0. The first kappa shape index (κ1) is 12.5. The van der Waals surface area contributed by atoms with Crippen molar-refractivity contribution in [2.45, 2.75) is 40.2 Å². The average Bonchev–Trinajstić information content (AvgIpc) is 2.58. The second-order valence-electron chi connectivity index (χ2n) is 4.22. The lowest BCUT2D eigenvalue weighted by molar-refractivity contribution is 0.595. The van der Waals surface area contributed by atoms with E-state index in [1.54, 1.807) is 0 Å². The van der Waals surface area contributed by atoms with E-state index in [1.807, 2.05) is 11.3 Å². The molecule has 0 saturated carbocycles. The van der Waals surface area contributed by atoms with Gasteiger partial charge in [-0.2, -0.15) is 0 Å². The van der Waals surface area contributed by atoms with Gasteiger partial charge in [0.15, 0.2) is 0 Å². The molecule has 0 fully saturated rings. The molecule has 1 heterocycles. The third kappa shape index (κ3) is 4.18. The molecule has 0 radical (unpaired) electrons. The van der Waals surface area contributed by atoms with Gasteiger partial charge in [0.2, 0.25) is 0 Å². The topological polar surface area (TPSA) is 12.0 Å². The van der Waals surface area contributed by atoms with Crippen LogP contribution >= 0.6 is 11.3 Å². The summed E-state index contributed by atoms with van der Waals surface area (Å²) in [4.78, 5) is 1.43. The number of nitrogens with one attached hydrogen (secondary N) is 1. The Morgan fingerprint density at radius 2 is 2.27 bits per heavy atom. The smallest absolute Gasteiger partial charge is 0.0325 e. The molecule has 0 aliphatic carbocycles. The van der Waals surface area contributed by atoms with E-state index in [0.29, 0.717) is 6.04 Å². The molecule has 84 valence electrons. The number of rotatable bonds is 5. The van der Waals surface area contributed by atoms with Crippen LogP contribution in [0.15, 0.2) is 17.5 Å². The Morgan fingerprint density at radius 3 is 2.80 bits per heavy atom. The first-order chi connectivity index (χ1) is 7.11. The third-order valence-corrected chi connectivity index (χ3v) is 3.52. The molecule has 0 aliphatic heterocycles. The van der Waals surface area contributed by atoms with Crippen LogP contribution in [0.5, 0.6) is 0 Å². The monoisotopic (exact) mass is 223 g/mol. The number of hydrogen-bond acceptors (Lipinski definition) is 2. The van der Waals surface area contributed by atoms with Crippen molar-refractivity contribution >= 4 is 16.9 Å². The Hall–Kier alpha value is -0.600. The van der Waals surface area contributed by atoms with E-state index in [4.69, 9.17) is 0 Å². The van der Waals surface area contributed by atoms with Crippen molar-refractivity contribution in [1.29, 1.82) is 0 Å². The summed E-state index contributed by atoms with van der Waals surface area (Å²) in [7, 11) is 0. The van der Waals surface area contributed by atoms with Gasteiger partial charge in [-0.3, -0.25) is 0 Å². The number of thiophene rings is 1. The van der Waals surface area contributed by atoms with E-state index in [1.165, 1.54) is 16.0 Å². The normalized spacial score (nSPS) is 12.5. The van der Waals surface area contributed by atoms with E-state index in [0.717, 1.165) is 13.0 Å². The first-order valence-electron chi connectivity index (χ1n) is 5.56. The van der Waals surface area contributed by atoms with Gasteiger partial charge in [-0.25, -0.2) is 0 Å². The molecule has 1 aromatic heterocycles. The van der Waals surface area contributed by atoms with Crippen molar-refractivity contribution < 1.29 is 0 Å². The summed E-state index contributed by atoms with van der Waals surface area (Å²) in [5.41, 5.74) is 2.80. The zero-order valence-electron chi connectivity index (χ0n) is 10.1. The molecule has 0 aliphatic rings. The van der Waals surface area contributed by atoms with Gasteiger partial charge in [-0.15, -0.1) is 11.3 Å². The van der Waals surface area contributed by atoms with Gasteiger partial charge in [0.25, 0.3) is 0 Å². The summed E-state index contributed by atoms with van der Waals surface area (Å²) in [6, 6.07) is 2.77. The van der Waals surface area contributed by atoms with Gasteiger partial charge in [0.1, 0.15) is 0 Å². The molecular weight excluding hydrogens is 202 g/mol. The van der Waals surface area contributed by atoms with Crippen LogP contribution < -0.4 is 5.32 Å². The number of aryl methyl sites for hydroxylation is 1. The van der Waals surface area contributed by atoms with E-state index >= 15 is 0 Å². The molecule has 2 heteroatoms. The molecule has 0 saturated heterocycles. The van der Waals surface area contributed by atoms with Gasteiger partial charge in [0, 0.05) is 10.9 Å². The van der Waals surface area contributed by atoms with Crippen LogP contribution in [0.3, 0.4) is 0 Å². The molecule has 1 nitrogen and oxygen atoms in total. The van der Waals surface area contributed by atoms with Crippen molar-refractivity contribution in [3.8, 4) is 0 Å². The van der Waals surface area contributed by atoms with Gasteiger partial charge in [-0.1, -0.05) is 19.9 Å². The molecule has 0 unspecified atom stereocenters. The van der Waals surface area contributed by atoms with E-state index in [2.05, 4.69) is 50.5 Å². The molecule has 15 heavy (non-hydrogen) atoms. The molecule has 0 bridgehead atoms. The minimum Gasteiger partial charge on any atom is -0.314 e. The quantitative estimate of drug-likeness (QED) is 0.748. The lowest BCUT2D eigenvalue weighted by Gasteiger charge is -2.06. The fraction of sp³-hybridized carbons (Fsp3) is 0.538. The molecule has 0 amide bonds. The van der Waals surface area contributed by atoms with Crippen molar-refractivity contribution in [3.63, 3.8) is 0 Å². The molecule has 0 spiro atoms. The van der Waals surface area contributed by atoms with Gasteiger partial charge in [-0.05, 0) is 49.4 Å². The second-order valence-corrected chi connectivity index (χ2v) is 5.13. The zero-order chi connectivity index (χ0) is 11.3. The van der Waals surface area contributed by atoms with Gasteiger partial charge >= 0.3 is 0 Å². The molecule has 1 aromatic rings. The predicted molar refractivity (Wildman–Crippen MR) is 70.5 cm³/mol. The molecule has 1 rings (SSSR count). The Labute approximate surface area is 97.2 Å². The van der Waals surface area contributed by atoms with Crippen molar-refractivity contribution in [2.75, 3.05) is 6.54 Å². The molecule has 1 N–H and O–H groups in total. The predicted octanol–water partition coefficient (Wildman–Crippen LogP) is 3.85.